The van der Waals surface area contributed by atoms with E-state index in [2.05, 4.69) is 5.32 Å². The standard InChI is InChI=1S/C11H13ClFN/c12-9-5-8(6-10(13)7-9)11-3-1-2-4-14-11/h5-7,11,14H,1-4H2/t11-/m1/s1. The summed E-state index contributed by atoms with van der Waals surface area (Å²) < 4.78 is 13.1. The molecule has 3 heteroatoms. The monoisotopic (exact) mass is 213 g/mol. The zero-order chi connectivity index (χ0) is 9.97. The second kappa shape index (κ2) is 4.28. The van der Waals surface area contributed by atoms with Crippen molar-refractivity contribution in [2.24, 2.45) is 0 Å². The molecule has 2 rings (SSSR count). The lowest BCUT2D eigenvalue weighted by atomic mass is 9.97. The smallest absolute Gasteiger partial charge is 0.125 e. The Hall–Kier alpha value is -0.600. The van der Waals surface area contributed by atoms with Crippen molar-refractivity contribution in [3.05, 3.63) is 34.6 Å². The molecule has 1 aromatic rings. The first kappa shape index (κ1) is 9.94. The van der Waals surface area contributed by atoms with Crippen LogP contribution in [0, 0.1) is 5.82 Å². The molecule has 76 valence electrons. The Morgan fingerprint density at radius 1 is 1.29 bits per heavy atom. The first-order chi connectivity index (χ1) is 6.75. The molecule has 0 aromatic heterocycles. The van der Waals surface area contributed by atoms with Crippen LogP contribution in [-0.4, -0.2) is 6.54 Å². The average molecular weight is 214 g/mol. The summed E-state index contributed by atoms with van der Waals surface area (Å²) in [5, 5.41) is 3.84. The van der Waals surface area contributed by atoms with Gasteiger partial charge in [-0.15, -0.1) is 0 Å². The Kier molecular flexibility index (Phi) is 3.04. The van der Waals surface area contributed by atoms with E-state index < -0.39 is 0 Å². The summed E-state index contributed by atoms with van der Waals surface area (Å²) in [6, 6.07) is 5.02. The molecular weight excluding hydrogens is 201 g/mol. The molecule has 0 radical (unpaired) electrons. The van der Waals surface area contributed by atoms with Gasteiger partial charge in [-0.25, -0.2) is 4.39 Å². The number of nitrogens with one attached hydrogen (secondary N) is 1. The van der Waals surface area contributed by atoms with Crippen LogP contribution < -0.4 is 5.32 Å². The summed E-state index contributed by atoms with van der Waals surface area (Å²) in [4.78, 5) is 0. The zero-order valence-electron chi connectivity index (χ0n) is 7.89. The van der Waals surface area contributed by atoms with E-state index in [1.807, 2.05) is 6.07 Å². The molecule has 0 bridgehead atoms. The third-order valence-electron chi connectivity index (χ3n) is 2.60. The highest BCUT2D eigenvalue weighted by molar-refractivity contribution is 6.30. The first-order valence-electron chi connectivity index (χ1n) is 4.95. The quantitative estimate of drug-likeness (QED) is 0.755. The minimum Gasteiger partial charge on any atom is -0.310 e. The van der Waals surface area contributed by atoms with Gasteiger partial charge in [0.25, 0.3) is 0 Å². The second-order valence-electron chi connectivity index (χ2n) is 3.71. The van der Waals surface area contributed by atoms with Gasteiger partial charge in [0.1, 0.15) is 5.82 Å². The number of hydrogen-bond donors (Lipinski definition) is 1. The maximum Gasteiger partial charge on any atom is 0.125 e. The molecule has 1 fully saturated rings. The van der Waals surface area contributed by atoms with E-state index in [1.165, 1.54) is 18.9 Å². The molecule has 1 aliphatic rings. The van der Waals surface area contributed by atoms with Crippen LogP contribution in [-0.2, 0) is 0 Å². The lowest BCUT2D eigenvalue weighted by molar-refractivity contribution is 0.411. The molecular formula is C11H13ClFN. The van der Waals surface area contributed by atoms with Crippen molar-refractivity contribution >= 4 is 11.6 Å². The molecule has 0 spiro atoms. The van der Waals surface area contributed by atoms with Gasteiger partial charge in [-0.05, 0) is 43.1 Å². The van der Waals surface area contributed by atoms with E-state index in [0.29, 0.717) is 5.02 Å². The summed E-state index contributed by atoms with van der Waals surface area (Å²) in [6.45, 7) is 1.01. The van der Waals surface area contributed by atoms with Gasteiger partial charge in [0.15, 0.2) is 0 Å². The Labute approximate surface area is 88.3 Å². The largest absolute Gasteiger partial charge is 0.310 e. The number of rotatable bonds is 1. The summed E-state index contributed by atoms with van der Waals surface area (Å²) in [6.07, 6.45) is 3.48. The fourth-order valence-corrected chi connectivity index (χ4v) is 2.14. The normalized spacial score (nSPS) is 22.3. The summed E-state index contributed by atoms with van der Waals surface area (Å²) >= 11 is 5.80. The van der Waals surface area contributed by atoms with Crippen LogP contribution in [0.1, 0.15) is 30.9 Å². The van der Waals surface area contributed by atoms with E-state index in [-0.39, 0.29) is 11.9 Å². The van der Waals surface area contributed by atoms with Crippen molar-refractivity contribution < 1.29 is 4.39 Å². The minimum absolute atomic E-state index is 0.250. The van der Waals surface area contributed by atoms with Gasteiger partial charge in [0.05, 0.1) is 0 Å². The lowest BCUT2D eigenvalue weighted by Gasteiger charge is -2.23. The molecule has 1 nitrogen and oxygen atoms in total. The van der Waals surface area contributed by atoms with Gasteiger partial charge >= 0.3 is 0 Å². The molecule has 1 heterocycles. The molecule has 1 N–H and O–H groups in total. The predicted molar refractivity (Wildman–Crippen MR) is 56.0 cm³/mol. The van der Waals surface area contributed by atoms with E-state index in [4.69, 9.17) is 11.6 Å². The first-order valence-corrected chi connectivity index (χ1v) is 5.33. The average Bonchev–Trinajstić information content (AvgIpc) is 2.18. The second-order valence-corrected chi connectivity index (χ2v) is 4.14. The Morgan fingerprint density at radius 2 is 2.14 bits per heavy atom. The topological polar surface area (TPSA) is 12.0 Å². The van der Waals surface area contributed by atoms with Crippen LogP contribution in [0.5, 0.6) is 0 Å². The molecule has 1 aliphatic heterocycles. The molecule has 1 aromatic carbocycles. The van der Waals surface area contributed by atoms with E-state index in [9.17, 15) is 4.39 Å². The molecule has 0 aliphatic carbocycles. The van der Waals surface area contributed by atoms with Crippen molar-refractivity contribution in [3.63, 3.8) is 0 Å². The highest BCUT2D eigenvalue weighted by Gasteiger charge is 2.15. The number of halogens is 2. The number of benzene rings is 1. The molecule has 1 atom stereocenters. The van der Waals surface area contributed by atoms with Crippen LogP contribution in [0.25, 0.3) is 0 Å². The maximum atomic E-state index is 13.1. The van der Waals surface area contributed by atoms with Crippen LogP contribution in [0.2, 0.25) is 5.02 Å². The van der Waals surface area contributed by atoms with Crippen molar-refractivity contribution in [2.75, 3.05) is 6.54 Å². The van der Waals surface area contributed by atoms with Gasteiger partial charge in [-0.2, -0.15) is 0 Å². The Bertz CT molecular complexity index is 301. The Morgan fingerprint density at radius 3 is 2.79 bits per heavy atom. The molecule has 0 unspecified atom stereocenters. The van der Waals surface area contributed by atoms with E-state index in [1.54, 1.807) is 6.07 Å². The fraction of sp³-hybridized carbons (Fsp3) is 0.455. The van der Waals surface area contributed by atoms with Gasteiger partial charge in [0, 0.05) is 11.1 Å². The third kappa shape index (κ3) is 2.25. The van der Waals surface area contributed by atoms with Crippen LogP contribution in [0.15, 0.2) is 18.2 Å². The van der Waals surface area contributed by atoms with Crippen molar-refractivity contribution in [2.45, 2.75) is 25.3 Å². The van der Waals surface area contributed by atoms with Crippen LogP contribution in [0.4, 0.5) is 4.39 Å². The number of piperidine rings is 1. The van der Waals surface area contributed by atoms with Gasteiger partial charge in [-0.1, -0.05) is 18.0 Å². The SMILES string of the molecule is Fc1cc(Cl)cc([C@H]2CCCCN2)c1. The third-order valence-corrected chi connectivity index (χ3v) is 2.82. The number of hydrogen-bond acceptors (Lipinski definition) is 1. The van der Waals surface area contributed by atoms with Crippen LogP contribution >= 0.6 is 11.6 Å². The highest BCUT2D eigenvalue weighted by Crippen LogP contribution is 2.25. The predicted octanol–water partition coefficient (Wildman–Crippen LogP) is 3.29. The van der Waals surface area contributed by atoms with E-state index >= 15 is 0 Å². The summed E-state index contributed by atoms with van der Waals surface area (Å²) in [5.74, 6) is -0.250. The van der Waals surface area contributed by atoms with Crippen molar-refractivity contribution in [1.82, 2.24) is 5.32 Å². The molecule has 0 saturated carbocycles. The molecule has 14 heavy (non-hydrogen) atoms. The van der Waals surface area contributed by atoms with E-state index in [0.717, 1.165) is 18.5 Å². The van der Waals surface area contributed by atoms with Crippen molar-refractivity contribution in [1.29, 1.82) is 0 Å². The lowest BCUT2D eigenvalue weighted by Crippen LogP contribution is -2.26. The zero-order valence-corrected chi connectivity index (χ0v) is 8.65. The Balaban J connectivity index is 2.21. The molecule has 0 amide bonds. The summed E-state index contributed by atoms with van der Waals surface area (Å²) in [5.41, 5.74) is 0.967. The highest BCUT2D eigenvalue weighted by atomic mass is 35.5. The van der Waals surface area contributed by atoms with Gasteiger partial charge in [0.2, 0.25) is 0 Å². The van der Waals surface area contributed by atoms with Gasteiger partial charge < -0.3 is 5.32 Å². The molecule has 1 saturated heterocycles. The maximum absolute atomic E-state index is 13.1. The van der Waals surface area contributed by atoms with Gasteiger partial charge in [-0.3, -0.25) is 0 Å². The van der Waals surface area contributed by atoms with Crippen molar-refractivity contribution in [3.8, 4) is 0 Å². The fourth-order valence-electron chi connectivity index (χ4n) is 1.91. The summed E-state index contributed by atoms with van der Waals surface area (Å²) in [7, 11) is 0. The van der Waals surface area contributed by atoms with Crippen LogP contribution in [0.3, 0.4) is 0 Å². The minimum atomic E-state index is -0.250.